The lowest BCUT2D eigenvalue weighted by atomic mass is 9.72. The monoisotopic (exact) mass is 456 g/mol. The molecule has 6 nitrogen and oxygen atoms in total. The summed E-state index contributed by atoms with van der Waals surface area (Å²) in [6.45, 7) is 9.16. The summed E-state index contributed by atoms with van der Waals surface area (Å²) in [5.74, 6) is 0.934. The van der Waals surface area contributed by atoms with Gasteiger partial charge in [0, 0.05) is 17.4 Å². The average Bonchev–Trinajstić information content (AvgIpc) is 3.48. The highest BCUT2D eigenvalue weighted by Gasteiger charge is 2.43. The number of hydrogen-bond acceptors (Lipinski definition) is 4. The maximum Gasteiger partial charge on any atom is 0.291 e. The van der Waals surface area contributed by atoms with E-state index in [0.717, 1.165) is 30.5 Å². The fourth-order valence-corrected chi connectivity index (χ4v) is 5.73. The number of carbonyl (C=O) groups is 1. The molecule has 1 amide bonds. The molecule has 6 heteroatoms. The Hall–Kier alpha value is -3.17. The molecular weight excluding hydrogens is 424 g/mol. The number of allylic oxidation sites excluding steroid dienone is 2. The van der Waals surface area contributed by atoms with Crippen LogP contribution in [0.3, 0.4) is 0 Å². The van der Waals surface area contributed by atoms with Gasteiger partial charge in [-0.05, 0) is 65.7 Å². The van der Waals surface area contributed by atoms with Gasteiger partial charge in [-0.25, -0.2) is 4.98 Å². The molecule has 3 heterocycles. The SMILES string of the molecule is C[C@@H]1C2C=CC(O2)[C@H](C)C1c1ccc(NC(=O)c2nc(C#N)c[nH]2)c(C2=CCC(C)(C)CC2)c1. The van der Waals surface area contributed by atoms with E-state index in [-0.39, 0.29) is 29.6 Å². The number of rotatable bonds is 4. The van der Waals surface area contributed by atoms with Gasteiger partial charge >= 0.3 is 0 Å². The van der Waals surface area contributed by atoms with Crippen molar-refractivity contribution in [2.75, 3.05) is 5.32 Å². The van der Waals surface area contributed by atoms with Crippen LogP contribution < -0.4 is 5.32 Å². The second-order valence-electron chi connectivity index (χ2n) is 10.8. The first-order chi connectivity index (χ1) is 16.3. The molecule has 176 valence electrons. The third-order valence-corrected chi connectivity index (χ3v) is 7.88. The van der Waals surface area contributed by atoms with Gasteiger partial charge in [-0.15, -0.1) is 0 Å². The number of benzene rings is 1. The summed E-state index contributed by atoms with van der Waals surface area (Å²) in [5.41, 5.74) is 4.93. The lowest BCUT2D eigenvalue weighted by Gasteiger charge is -2.40. The number of imidazole rings is 1. The van der Waals surface area contributed by atoms with Crippen molar-refractivity contribution in [3.05, 3.63) is 65.3 Å². The van der Waals surface area contributed by atoms with Crippen LogP contribution in [0.15, 0.2) is 42.6 Å². The second-order valence-corrected chi connectivity index (χ2v) is 10.8. The molecule has 1 aromatic heterocycles. The second kappa shape index (κ2) is 8.56. The highest BCUT2D eigenvalue weighted by Crippen LogP contribution is 2.47. The quantitative estimate of drug-likeness (QED) is 0.567. The van der Waals surface area contributed by atoms with Crippen molar-refractivity contribution in [2.45, 2.75) is 65.1 Å². The normalized spacial score (nSPS) is 29.4. The number of aromatic nitrogens is 2. The Bertz CT molecular complexity index is 1200. The molecule has 2 N–H and O–H groups in total. The van der Waals surface area contributed by atoms with Crippen LogP contribution in [0.1, 0.15) is 80.3 Å². The topological polar surface area (TPSA) is 90.8 Å². The molecule has 5 rings (SSSR count). The summed E-state index contributed by atoms with van der Waals surface area (Å²) in [7, 11) is 0. The smallest absolute Gasteiger partial charge is 0.291 e. The lowest BCUT2D eigenvalue weighted by Crippen LogP contribution is -2.39. The fraction of sp³-hybridized carbons (Fsp3) is 0.464. The molecule has 0 radical (unpaired) electrons. The molecule has 1 saturated heterocycles. The molecule has 1 aliphatic carbocycles. The van der Waals surface area contributed by atoms with Crippen LogP contribution in [0.5, 0.6) is 0 Å². The largest absolute Gasteiger partial charge is 0.366 e. The standard InChI is InChI=1S/C28H32N4O2/c1-16-23-7-8-24(34-23)17(2)25(16)19-5-6-22(32-27(33)26-30-15-20(14-29)31-26)21(13-19)18-9-11-28(3,4)12-10-18/h5-9,13,15-17,23-25H,10-12H2,1-4H3,(H,30,31)(H,32,33)/t16-,17+,23?,24?,25?. The van der Waals surface area contributed by atoms with Gasteiger partial charge in [0.05, 0.1) is 12.2 Å². The Kier molecular flexibility index (Phi) is 5.69. The molecule has 34 heavy (non-hydrogen) atoms. The van der Waals surface area contributed by atoms with Crippen LogP contribution >= 0.6 is 0 Å². The molecule has 0 saturated carbocycles. The predicted octanol–water partition coefficient (Wildman–Crippen LogP) is 5.82. The van der Waals surface area contributed by atoms with Crippen molar-refractivity contribution in [1.29, 1.82) is 5.26 Å². The Balaban J connectivity index is 1.51. The van der Waals surface area contributed by atoms with Gasteiger partial charge in [-0.1, -0.05) is 52.0 Å². The van der Waals surface area contributed by atoms with Crippen LogP contribution in [-0.2, 0) is 4.74 Å². The van der Waals surface area contributed by atoms with Gasteiger partial charge in [0.25, 0.3) is 5.91 Å². The van der Waals surface area contributed by atoms with E-state index in [0.29, 0.717) is 23.2 Å². The summed E-state index contributed by atoms with van der Waals surface area (Å²) in [4.78, 5) is 19.8. The molecule has 5 atom stereocenters. The van der Waals surface area contributed by atoms with E-state index in [1.165, 1.54) is 17.3 Å². The van der Waals surface area contributed by atoms with E-state index in [1.54, 1.807) is 0 Å². The number of ether oxygens (including phenoxy) is 1. The summed E-state index contributed by atoms with van der Waals surface area (Å²) in [6, 6.07) is 8.42. The molecule has 2 aliphatic heterocycles. The number of fused-ring (bicyclic) bond motifs is 2. The molecule has 1 aromatic carbocycles. The van der Waals surface area contributed by atoms with E-state index in [2.05, 4.69) is 73.3 Å². The number of H-pyrrole nitrogens is 1. The van der Waals surface area contributed by atoms with Crippen LogP contribution in [0.25, 0.3) is 5.57 Å². The maximum absolute atomic E-state index is 12.9. The molecule has 0 spiro atoms. The zero-order chi connectivity index (χ0) is 24.0. The first-order valence-electron chi connectivity index (χ1n) is 12.2. The van der Waals surface area contributed by atoms with Gasteiger partial charge in [0.15, 0.2) is 11.5 Å². The van der Waals surface area contributed by atoms with Crippen molar-refractivity contribution < 1.29 is 9.53 Å². The van der Waals surface area contributed by atoms with Crippen molar-refractivity contribution in [3.63, 3.8) is 0 Å². The number of nitriles is 1. The minimum Gasteiger partial charge on any atom is -0.366 e. The highest BCUT2D eigenvalue weighted by atomic mass is 16.5. The summed E-state index contributed by atoms with van der Waals surface area (Å²) < 4.78 is 6.17. The van der Waals surface area contributed by atoms with Crippen molar-refractivity contribution >= 4 is 17.2 Å². The summed E-state index contributed by atoms with van der Waals surface area (Å²) >= 11 is 0. The third kappa shape index (κ3) is 4.10. The van der Waals surface area contributed by atoms with Crippen LogP contribution in [0.2, 0.25) is 0 Å². The van der Waals surface area contributed by atoms with Gasteiger partial charge < -0.3 is 15.0 Å². The Morgan fingerprint density at radius 1 is 1.24 bits per heavy atom. The Labute approximate surface area is 201 Å². The number of aromatic amines is 1. The van der Waals surface area contributed by atoms with Gasteiger partial charge in [0.1, 0.15) is 6.07 Å². The van der Waals surface area contributed by atoms with Crippen LogP contribution in [0.4, 0.5) is 5.69 Å². The first-order valence-corrected chi connectivity index (χ1v) is 12.2. The van der Waals surface area contributed by atoms with E-state index >= 15 is 0 Å². The van der Waals surface area contributed by atoms with Crippen molar-refractivity contribution in [3.8, 4) is 6.07 Å². The van der Waals surface area contributed by atoms with Gasteiger partial charge in [-0.2, -0.15) is 5.26 Å². The third-order valence-electron chi connectivity index (χ3n) is 7.88. The summed E-state index contributed by atoms with van der Waals surface area (Å²) in [5, 5.41) is 12.1. The number of hydrogen-bond donors (Lipinski definition) is 2. The van der Waals surface area contributed by atoms with Gasteiger partial charge in [-0.3, -0.25) is 4.79 Å². The highest BCUT2D eigenvalue weighted by molar-refractivity contribution is 6.03. The molecule has 3 aliphatic rings. The van der Waals surface area contributed by atoms with Crippen LogP contribution in [-0.4, -0.2) is 28.1 Å². The summed E-state index contributed by atoms with van der Waals surface area (Å²) in [6.07, 6.45) is 11.6. The minimum absolute atomic E-state index is 0.139. The lowest BCUT2D eigenvalue weighted by molar-refractivity contribution is -0.0573. The zero-order valence-corrected chi connectivity index (χ0v) is 20.3. The number of nitrogens with zero attached hydrogens (tertiary/aromatic N) is 2. The van der Waals surface area contributed by atoms with E-state index in [9.17, 15) is 4.79 Å². The Morgan fingerprint density at radius 3 is 2.59 bits per heavy atom. The van der Waals surface area contributed by atoms with Crippen LogP contribution in [0, 0.1) is 28.6 Å². The molecule has 1 fully saturated rings. The first kappa shape index (κ1) is 22.6. The zero-order valence-electron chi connectivity index (χ0n) is 20.3. The Morgan fingerprint density at radius 2 is 1.97 bits per heavy atom. The number of amides is 1. The van der Waals surface area contributed by atoms with Crippen molar-refractivity contribution in [2.24, 2.45) is 17.3 Å². The number of nitrogens with one attached hydrogen (secondary N) is 2. The van der Waals surface area contributed by atoms with E-state index in [1.807, 2.05) is 12.1 Å². The van der Waals surface area contributed by atoms with E-state index in [4.69, 9.17) is 10.00 Å². The fourth-order valence-electron chi connectivity index (χ4n) is 5.73. The van der Waals surface area contributed by atoms with Gasteiger partial charge in [0.2, 0.25) is 0 Å². The van der Waals surface area contributed by atoms with E-state index < -0.39 is 0 Å². The van der Waals surface area contributed by atoms with Crippen molar-refractivity contribution in [1.82, 2.24) is 9.97 Å². The number of carbonyl (C=O) groups excluding carboxylic acids is 1. The minimum atomic E-state index is -0.345. The maximum atomic E-state index is 12.9. The average molecular weight is 457 g/mol. The molecule has 2 aromatic rings. The molecular formula is C28H32N4O2. The predicted molar refractivity (Wildman–Crippen MR) is 132 cm³/mol. The number of anilines is 1. The molecule has 3 unspecified atom stereocenters. The molecule has 2 bridgehead atoms.